The number of nitrogens with one attached hydrogen (secondary N) is 1. The highest BCUT2D eigenvalue weighted by atomic mass is 16.2. The van der Waals surface area contributed by atoms with Crippen molar-refractivity contribution in [2.24, 2.45) is 17.7 Å². The monoisotopic (exact) mass is 199 g/mol. The second-order valence-electron chi connectivity index (χ2n) is 4.21. The van der Waals surface area contributed by atoms with E-state index in [0.29, 0.717) is 0 Å². The number of amides is 1. The molecule has 0 aliphatic heterocycles. The fourth-order valence-electron chi connectivity index (χ4n) is 1.61. The van der Waals surface area contributed by atoms with Crippen LogP contribution in [-0.2, 0) is 4.79 Å². The summed E-state index contributed by atoms with van der Waals surface area (Å²) < 4.78 is 0. The Kier molecular flexibility index (Phi) is 4.35. The van der Waals surface area contributed by atoms with E-state index < -0.39 is 0 Å². The Labute approximate surface area is 85.8 Å². The molecule has 1 aliphatic rings. The van der Waals surface area contributed by atoms with E-state index in [2.05, 4.69) is 17.2 Å². The van der Waals surface area contributed by atoms with Gasteiger partial charge in [-0.1, -0.05) is 13.8 Å². The van der Waals surface area contributed by atoms with E-state index in [1.165, 1.54) is 12.8 Å². The van der Waals surface area contributed by atoms with Gasteiger partial charge in [-0.05, 0) is 25.3 Å². The molecule has 0 bridgehead atoms. The van der Waals surface area contributed by atoms with Crippen LogP contribution in [0.4, 0.5) is 0 Å². The van der Waals surface area contributed by atoms with Gasteiger partial charge in [0.25, 0.3) is 0 Å². The van der Waals surface area contributed by atoms with Gasteiger partial charge in [0.05, 0.1) is 0 Å². The molecule has 0 saturated heterocycles. The average molecular weight is 199 g/mol. The Bertz CT molecular complexity index is 192. The summed E-state index contributed by atoms with van der Waals surface area (Å²) in [6.45, 7) is 7.01. The lowest BCUT2D eigenvalue weighted by Gasteiger charge is -2.23. The highest BCUT2D eigenvalue weighted by Crippen LogP contribution is 2.29. The molecule has 0 spiro atoms. The maximum atomic E-state index is 11.2. The van der Waals surface area contributed by atoms with Crippen LogP contribution in [0.3, 0.4) is 0 Å². The molecule has 3 N–H and O–H groups in total. The van der Waals surface area contributed by atoms with Gasteiger partial charge < -0.3 is 4.90 Å². The molecule has 0 aromatic heterocycles. The molecule has 82 valence electrons. The fraction of sp³-hybridized carbons (Fsp3) is 0.900. The second-order valence-corrected chi connectivity index (χ2v) is 4.21. The fourth-order valence-corrected chi connectivity index (χ4v) is 1.61. The largest absolute Gasteiger partial charge is 0.303 e. The first kappa shape index (κ1) is 11.5. The van der Waals surface area contributed by atoms with E-state index in [1.807, 2.05) is 6.92 Å². The quantitative estimate of drug-likeness (QED) is 0.368. The van der Waals surface area contributed by atoms with Crippen LogP contribution in [-0.4, -0.2) is 30.4 Å². The number of hydrazine groups is 1. The lowest BCUT2D eigenvalue weighted by Crippen LogP contribution is -2.41. The predicted molar refractivity (Wildman–Crippen MR) is 56.3 cm³/mol. The third kappa shape index (κ3) is 3.64. The molecule has 4 heteroatoms. The molecule has 1 aliphatic carbocycles. The second kappa shape index (κ2) is 5.32. The molecule has 1 rings (SSSR count). The van der Waals surface area contributed by atoms with Crippen molar-refractivity contribution in [3.05, 3.63) is 0 Å². The zero-order chi connectivity index (χ0) is 10.6. The van der Waals surface area contributed by atoms with Gasteiger partial charge in [-0.15, -0.1) is 0 Å². The summed E-state index contributed by atoms with van der Waals surface area (Å²) in [5.74, 6) is 5.88. The lowest BCUT2D eigenvalue weighted by molar-refractivity contribution is -0.125. The number of rotatable bonds is 6. The third-order valence-electron chi connectivity index (χ3n) is 2.78. The smallest absolute Gasteiger partial charge is 0.237 e. The highest BCUT2D eigenvalue weighted by molar-refractivity contribution is 5.77. The van der Waals surface area contributed by atoms with Gasteiger partial charge in [-0.3, -0.25) is 10.2 Å². The molecular formula is C10H21N3O. The van der Waals surface area contributed by atoms with Crippen LogP contribution in [0.1, 0.15) is 26.7 Å². The minimum absolute atomic E-state index is 0.0151. The van der Waals surface area contributed by atoms with Crippen LogP contribution in [0.2, 0.25) is 0 Å². The summed E-state index contributed by atoms with van der Waals surface area (Å²) in [6.07, 6.45) is 2.71. The topological polar surface area (TPSA) is 58.4 Å². The molecular weight excluding hydrogens is 178 g/mol. The lowest BCUT2D eigenvalue weighted by atomic mass is 10.1. The molecule has 0 radical (unpaired) electrons. The van der Waals surface area contributed by atoms with Crippen molar-refractivity contribution in [3.63, 3.8) is 0 Å². The Morgan fingerprint density at radius 2 is 2.29 bits per heavy atom. The van der Waals surface area contributed by atoms with Gasteiger partial charge in [0.15, 0.2) is 0 Å². The molecule has 1 saturated carbocycles. The van der Waals surface area contributed by atoms with Gasteiger partial charge >= 0.3 is 0 Å². The Hall–Kier alpha value is -0.610. The van der Waals surface area contributed by atoms with Crippen molar-refractivity contribution in [1.29, 1.82) is 0 Å². The molecule has 1 unspecified atom stereocenters. The van der Waals surface area contributed by atoms with Crippen molar-refractivity contribution in [2.45, 2.75) is 26.7 Å². The van der Waals surface area contributed by atoms with Crippen LogP contribution >= 0.6 is 0 Å². The normalized spacial score (nSPS) is 18.3. The minimum Gasteiger partial charge on any atom is -0.303 e. The number of hydrogen-bond donors (Lipinski definition) is 2. The molecule has 4 nitrogen and oxygen atoms in total. The van der Waals surface area contributed by atoms with E-state index in [1.54, 1.807) is 0 Å². The van der Waals surface area contributed by atoms with Crippen LogP contribution < -0.4 is 11.3 Å². The summed E-state index contributed by atoms with van der Waals surface area (Å²) in [5.41, 5.74) is 2.20. The highest BCUT2D eigenvalue weighted by Gasteiger charge is 2.25. The number of carbonyl (C=O) groups excluding carboxylic acids is 1. The Balaban J connectivity index is 2.26. The maximum Gasteiger partial charge on any atom is 0.237 e. The summed E-state index contributed by atoms with van der Waals surface area (Å²) in [4.78, 5) is 13.5. The van der Waals surface area contributed by atoms with Crippen LogP contribution in [0.15, 0.2) is 0 Å². The van der Waals surface area contributed by atoms with E-state index in [4.69, 9.17) is 5.84 Å². The summed E-state index contributed by atoms with van der Waals surface area (Å²) in [5, 5.41) is 0. The summed E-state index contributed by atoms with van der Waals surface area (Å²) in [7, 11) is 0. The Morgan fingerprint density at radius 1 is 1.64 bits per heavy atom. The number of carbonyl (C=O) groups is 1. The number of nitrogens with two attached hydrogens (primary N) is 1. The predicted octanol–water partition coefficient (Wildman–Crippen LogP) is 0.344. The molecule has 1 atom stereocenters. The minimum atomic E-state index is -0.0701. The summed E-state index contributed by atoms with van der Waals surface area (Å²) in [6, 6.07) is 0. The van der Waals surface area contributed by atoms with Gasteiger partial charge in [0.1, 0.15) is 0 Å². The van der Waals surface area contributed by atoms with E-state index >= 15 is 0 Å². The van der Waals surface area contributed by atoms with Gasteiger partial charge in [-0.2, -0.15) is 0 Å². The maximum absolute atomic E-state index is 11.2. The summed E-state index contributed by atoms with van der Waals surface area (Å²) >= 11 is 0. The Morgan fingerprint density at radius 3 is 2.71 bits per heavy atom. The van der Waals surface area contributed by atoms with Crippen molar-refractivity contribution in [2.75, 3.05) is 19.6 Å². The van der Waals surface area contributed by atoms with Crippen molar-refractivity contribution in [1.82, 2.24) is 10.3 Å². The first-order chi connectivity index (χ1) is 6.67. The number of nitrogens with zero attached hydrogens (tertiary/aromatic N) is 1. The van der Waals surface area contributed by atoms with Gasteiger partial charge in [0, 0.05) is 19.0 Å². The van der Waals surface area contributed by atoms with Crippen LogP contribution in [0, 0.1) is 11.8 Å². The molecule has 14 heavy (non-hydrogen) atoms. The standard InChI is InChI=1S/C10H21N3O/c1-3-13(7-9-4-5-9)6-8(2)10(14)12-11/h8-9H,3-7,11H2,1-2H3,(H,12,14). The molecule has 1 amide bonds. The third-order valence-corrected chi connectivity index (χ3v) is 2.78. The molecule has 1 fully saturated rings. The van der Waals surface area contributed by atoms with Gasteiger partial charge in [0.2, 0.25) is 5.91 Å². The SMILES string of the molecule is CCN(CC1CC1)CC(C)C(=O)NN. The average Bonchev–Trinajstić information content (AvgIpc) is 2.99. The van der Waals surface area contributed by atoms with E-state index in [-0.39, 0.29) is 11.8 Å². The zero-order valence-corrected chi connectivity index (χ0v) is 9.12. The molecule has 0 heterocycles. The van der Waals surface area contributed by atoms with Crippen molar-refractivity contribution in [3.8, 4) is 0 Å². The number of hydrogen-bond acceptors (Lipinski definition) is 3. The van der Waals surface area contributed by atoms with Gasteiger partial charge in [-0.25, -0.2) is 5.84 Å². The zero-order valence-electron chi connectivity index (χ0n) is 9.12. The van der Waals surface area contributed by atoms with Crippen molar-refractivity contribution < 1.29 is 4.79 Å². The van der Waals surface area contributed by atoms with Crippen molar-refractivity contribution >= 4 is 5.91 Å². The molecule has 0 aromatic carbocycles. The van der Waals surface area contributed by atoms with E-state index in [9.17, 15) is 4.79 Å². The first-order valence-electron chi connectivity index (χ1n) is 5.40. The first-order valence-corrected chi connectivity index (χ1v) is 5.40. The van der Waals surface area contributed by atoms with Crippen LogP contribution in [0.5, 0.6) is 0 Å². The molecule has 0 aromatic rings. The van der Waals surface area contributed by atoms with Crippen LogP contribution in [0.25, 0.3) is 0 Å². The van der Waals surface area contributed by atoms with E-state index in [0.717, 1.165) is 25.6 Å².